The molecule has 0 radical (unpaired) electrons. The first-order chi connectivity index (χ1) is 9.72. The summed E-state index contributed by atoms with van der Waals surface area (Å²) in [7, 11) is 0. The lowest BCUT2D eigenvalue weighted by Crippen LogP contribution is -2.24. The normalized spacial score (nSPS) is 21.6. The van der Waals surface area contributed by atoms with Crippen molar-refractivity contribution in [1.29, 1.82) is 0 Å². The topological polar surface area (TPSA) is 74.7 Å². The lowest BCUT2D eigenvalue weighted by molar-refractivity contribution is 0.272. The van der Waals surface area contributed by atoms with E-state index in [9.17, 15) is 0 Å². The summed E-state index contributed by atoms with van der Waals surface area (Å²) in [4.78, 5) is 6.60. The molecule has 0 bridgehead atoms. The molecule has 1 aliphatic heterocycles. The van der Waals surface area contributed by atoms with Gasteiger partial charge in [-0.05, 0) is 56.0 Å². The molecular weight excluding hydrogens is 252 g/mol. The van der Waals surface area contributed by atoms with Crippen molar-refractivity contribution in [2.75, 3.05) is 13.1 Å². The van der Waals surface area contributed by atoms with Crippen molar-refractivity contribution in [2.24, 2.45) is 16.8 Å². The van der Waals surface area contributed by atoms with E-state index >= 15 is 0 Å². The third kappa shape index (κ3) is 3.93. The zero-order chi connectivity index (χ0) is 14.4. The zero-order valence-corrected chi connectivity index (χ0v) is 12.1. The van der Waals surface area contributed by atoms with Crippen LogP contribution in [0.3, 0.4) is 0 Å². The second-order valence-corrected chi connectivity index (χ2v) is 5.52. The van der Waals surface area contributed by atoms with E-state index in [1.807, 2.05) is 12.1 Å². The average molecular weight is 276 g/mol. The van der Waals surface area contributed by atoms with Gasteiger partial charge in [0.15, 0.2) is 5.84 Å². The molecule has 1 aromatic rings. The number of hydrogen-bond donors (Lipinski definition) is 2. The quantitative estimate of drug-likeness (QED) is 0.382. The molecule has 0 amide bonds. The highest BCUT2D eigenvalue weighted by molar-refractivity contribution is 5.95. The lowest BCUT2D eigenvalue weighted by atomic mass is 9.98. The SMILES string of the molecule is CCC1CCCN(Cc2ccnc(C(N)=NO)c2)CC1. The van der Waals surface area contributed by atoms with Crippen molar-refractivity contribution in [2.45, 2.75) is 39.2 Å². The van der Waals surface area contributed by atoms with Gasteiger partial charge in [0, 0.05) is 12.7 Å². The molecule has 0 aromatic carbocycles. The summed E-state index contributed by atoms with van der Waals surface area (Å²) in [5, 5.41) is 11.7. The summed E-state index contributed by atoms with van der Waals surface area (Å²) in [5.41, 5.74) is 7.28. The zero-order valence-electron chi connectivity index (χ0n) is 12.1. The molecule has 0 saturated carbocycles. The molecule has 20 heavy (non-hydrogen) atoms. The van der Waals surface area contributed by atoms with E-state index in [0.717, 1.165) is 31.1 Å². The van der Waals surface area contributed by atoms with E-state index in [0.29, 0.717) is 5.69 Å². The van der Waals surface area contributed by atoms with Gasteiger partial charge in [0.2, 0.25) is 0 Å². The smallest absolute Gasteiger partial charge is 0.188 e. The van der Waals surface area contributed by atoms with Crippen molar-refractivity contribution >= 4 is 5.84 Å². The van der Waals surface area contributed by atoms with Gasteiger partial charge in [-0.15, -0.1) is 0 Å². The second kappa shape index (κ2) is 7.24. The van der Waals surface area contributed by atoms with Crippen LogP contribution in [0, 0.1) is 5.92 Å². The highest BCUT2D eigenvalue weighted by Gasteiger charge is 2.16. The number of pyridine rings is 1. The fourth-order valence-corrected chi connectivity index (χ4v) is 2.81. The minimum absolute atomic E-state index is 0.0637. The first-order valence-corrected chi connectivity index (χ1v) is 7.38. The Morgan fingerprint density at radius 1 is 1.50 bits per heavy atom. The van der Waals surface area contributed by atoms with Crippen LogP contribution in [0.25, 0.3) is 0 Å². The number of rotatable bonds is 4. The number of nitrogens with two attached hydrogens (primary N) is 1. The van der Waals surface area contributed by atoms with Gasteiger partial charge in [-0.3, -0.25) is 9.88 Å². The van der Waals surface area contributed by atoms with Gasteiger partial charge in [-0.2, -0.15) is 0 Å². The van der Waals surface area contributed by atoms with Crippen molar-refractivity contribution in [3.05, 3.63) is 29.6 Å². The first-order valence-electron chi connectivity index (χ1n) is 7.38. The van der Waals surface area contributed by atoms with Crippen LogP contribution in [0.4, 0.5) is 0 Å². The Labute approximate surface area is 120 Å². The lowest BCUT2D eigenvalue weighted by Gasteiger charge is -2.20. The molecule has 0 aliphatic carbocycles. The monoisotopic (exact) mass is 276 g/mol. The average Bonchev–Trinajstić information content (AvgIpc) is 2.72. The van der Waals surface area contributed by atoms with Crippen LogP contribution < -0.4 is 5.73 Å². The van der Waals surface area contributed by atoms with Gasteiger partial charge >= 0.3 is 0 Å². The summed E-state index contributed by atoms with van der Waals surface area (Å²) in [5.74, 6) is 0.943. The molecule has 5 nitrogen and oxygen atoms in total. The van der Waals surface area contributed by atoms with Crippen LogP contribution in [-0.4, -0.2) is 34.0 Å². The molecule has 110 valence electrons. The molecule has 1 fully saturated rings. The van der Waals surface area contributed by atoms with Crippen LogP contribution >= 0.6 is 0 Å². The standard InChI is InChI=1S/C15H24N4O/c1-2-12-4-3-8-19(9-6-12)11-13-5-7-17-14(10-13)15(16)18-20/h5,7,10,12,20H,2-4,6,8-9,11H2,1H3,(H2,16,18). The van der Waals surface area contributed by atoms with Gasteiger partial charge in [0.1, 0.15) is 5.69 Å². The Kier molecular flexibility index (Phi) is 5.35. The molecule has 2 rings (SSSR count). The maximum Gasteiger partial charge on any atom is 0.188 e. The maximum atomic E-state index is 8.71. The molecule has 5 heteroatoms. The molecule has 0 spiro atoms. The van der Waals surface area contributed by atoms with E-state index in [2.05, 4.69) is 22.0 Å². The first kappa shape index (κ1) is 14.8. The van der Waals surface area contributed by atoms with Gasteiger partial charge in [0.05, 0.1) is 0 Å². The third-order valence-corrected chi connectivity index (χ3v) is 4.12. The largest absolute Gasteiger partial charge is 0.409 e. The summed E-state index contributed by atoms with van der Waals surface area (Å²) in [6.45, 7) is 5.49. The van der Waals surface area contributed by atoms with Crippen LogP contribution in [-0.2, 0) is 6.54 Å². The molecule has 1 atom stereocenters. The number of aromatic nitrogens is 1. The van der Waals surface area contributed by atoms with Gasteiger partial charge in [-0.25, -0.2) is 0 Å². The van der Waals surface area contributed by atoms with Crippen molar-refractivity contribution in [1.82, 2.24) is 9.88 Å². The van der Waals surface area contributed by atoms with E-state index in [1.165, 1.54) is 25.7 Å². The molecule has 1 aromatic heterocycles. The Morgan fingerprint density at radius 3 is 3.10 bits per heavy atom. The third-order valence-electron chi connectivity index (χ3n) is 4.12. The summed E-state index contributed by atoms with van der Waals surface area (Å²) in [6, 6.07) is 3.90. The molecule has 3 N–H and O–H groups in total. The van der Waals surface area contributed by atoms with Gasteiger partial charge in [0.25, 0.3) is 0 Å². The summed E-state index contributed by atoms with van der Waals surface area (Å²) < 4.78 is 0. The molecule has 1 aliphatic rings. The maximum absolute atomic E-state index is 8.71. The molecular formula is C15H24N4O. The van der Waals surface area contributed by atoms with E-state index in [4.69, 9.17) is 10.9 Å². The van der Waals surface area contributed by atoms with Crippen LogP contribution in [0.15, 0.2) is 23.5 Å². The van der Waals surface area contributed by atoms with E-state index in [1.54, 1.807) is 6.20 Å². The van der Waals surface area contributed by atoms with Crippen LogP contribution in [0.1, 0.15) is 43.9 Å². The fourth-order valence-electron chi connectivity index (χ4n) is 2.81. The predicted molar refractivity (Wildman–Crippen MR) is 79.7 cm³/mol. The van der Waals surface area contributed by atoms with Crippen molar-refractivity contribution < 1.29 is 5.21 Å². The Balaban J connectivity index is 1.99. The molecule has 1 unspecified atom stereocenters. The summed E-state index contributed by atoms with van der Waals surface area (Å²) >= 11 is 0. The highest BCUT2D eigenvalue weighted by Crippen LogP contribution is 2.21. The Morgan fingerprint density at radius 2 is 2.35 bits per heavy atom. The second-order valence-electron chi connectivity index (χ2n) is 5.52. The van der Waals surface area contributed by atoms with E-state index < -0.39 is 0 Å². The van der Waals surface area contributed by atoms with Gasteiger partial charge < -0.3 is 10.9 Å². The predicted octanol–water partition coefficient (Wildman–Crippen LogP) is 2.19. The number of hydrogen-bond acceptors (Lipinski definition) is 4. The fraction of sp³-hybridized carbons (Fsp3) is 0.600. The number of nitrogens with zero attached hydrogens (tertiary/aromatic N) is 3. The molecule has 1 saturated heterocycles. The number of likely N-dealkylation sites (tertiary alicyclic amines) is 1. The Hall–Kier alpha value is -1.62. The van der Waals surface area contributed by atoms with Crippen LogP contribution in [0.5, 0.6) is 0 Å². The molecule has 2 heterocycles. The van der Waals surface area contributed by atoms with E-state index in [-0.39, 0.29) is 5.84 Å². The minimum Gasteiger partial charge on any atom is -0.409 e. The Bertz CT molecular complexity index is 461. The minimum atomic E-state index is 0.0637. The van der Waals surface area contributed by atoms with Crippen molar-refractivity contribution in [3.63, 3.8) is 0 Å². The highest BCUT2D eigenvalue weighted by atomic mass is 16.4. The van der Waals surface area contributed by atoms with Gasteiger partial charge in [-0.1, -0.05) is 18.5 Å². The summed E-state index contributed by atoms with van der Waals surface area (Å²) in [6.07, 6.45) is 6.91. The van der Waals surface area contributed by atoms with Crippen molar-refractivity contribution in [3.8, 4) is 0 Å². The number of oxime groups is 1. The van der Waals surface area contributed by atoms with Crippen LogP contribution in [0.2, 0.25) is 0 Å². The number of amidine groups is 1.